The Morgan fingerprint density at radius 1 is 1.07 bits per heavy atom. The van der Waals surface area contributed by atoms with Crippen LogP contribution in [0.15, 0.2) is 42.7 Å². The van der Waals surface area contributed by atoms with E-state index in [0.29, 0.717) is 39.0 Å². The van der Waals surface area contributed by atoms with Crippen LogP contribution in [-0.2, 0) is 6.61 Å². The SMILES string of the molecule is O=C(c1ccc(COc2ncnc3c(Cl)cc(Cl)cc23)cc1)N1CCCC1. The fourth-order valence-corrected chi connectivity index (χ4v) is 3.72. The zero-order valence-electron chi connectivity index (χ0n) is 14.5. The van der Waals surface area contributed by atoms with E-state index in [-0.39, 0.29) is 5.91 Å². The molecular weight excluding hydrogens is 385 g/mol. The lowest BCUT2D eigenvalue weighted by atomic mass is 10.1. The van der Waals surface area contributed by atoms with E-state index in [1.807, 2.05) is 29.2 Å². The lowest BCUT2D eigenvalue weighted by Crippen LogP contribution is -2.27. The first-order valence-corrected chi connectivity index (χ1v) is 9.48. The Balaban J connectivity index is 1.49. The number of halogens is 2. The molecule has 3 aromatic rings. The van der Waals surface area contributed by atoms with Crippen LogP contribution in [0.3, 0.4) is 0 Å². The molecule has 4 rings (SSSR count). The van der Waals surface area contributed by atoms with Gasteiger partial charge in [0.15, 0.2) is 0 Å². The number of aromatic nitrogens is 2. The Bertz CT molecular complexity index is 986. The van der Waals surface area contributed by atoms with Crippen molar-refractivity contribution in [1.82, 2.24) is 14.9 Å². The summed E-state index contributed by atoms with van der Waals surface area (Å²) < 4.78 is 5.85. The standard InChI is InChI=1S/C20H17Cl2N3O2/c21-15-9-16-18(17(22)10-15)23-12-24-19(16)27-11-13-3-5-14(6-4-13)20(26)25-7-1-2-8-25/h3-6,9-10,12H,1-2,7-8,11H2. The molecule has 0 aliphatic carbocycles. The van der Waals surface area contributed by atoms with Crippen molar-refractivity contribution in [1.29, 1.82) is 0 Å². The van der Waals surface area contributed by atoms with Gasteiger partial charge < -0.3 is 9.64 Å². The lowest BCUT2D eigenvalue weighted by molar-refractivity contribution is 0.0793. The maximum absolute atomic E-state index is 12.4. The highest BCUT2D eigenvalue weighted by molar-refractivity contribution is 6.38. The number of rotatable bonds is 4. The topological polar surface area (TPSA) is 55.3 Å². The van der Waals surface area contributed by atoms with Crippen molar-refractivity contribution in [3.05, 3.63) is 63.9 Å². The molecule has 0 spiro atoms. The van der Waals surface area contributed by atoms with Crippen LogP contribution >= 0.6 is 23.2 Å². The predicted molar refractivity (Wildman–Crippen MR) is 105 cm³/mol. The number of hydrogen-bond donors (Lipinski definition) is 0. The molecule has 27 heavy (non-hydrogen) atoms. The van der Waals surface area contributed by atoms with E-state index in [2.05, 4.69) is 9.97 Å². The molecule has 1 aliphatic rings. The van der Waals surface area contributed by atoms with Gasteiger partial charge in [-0.2, -0.15) is 0 Å². The van der Waals surface area contributed by atoms with Gasteiger partial charge in [0.1, 0.15) is 12.9 Å². The van der Waals surface area contributed by atoms with Crippen LogP contribution in [0.4, 0.5) is 0 Å². The summed E-state index contributed by atoms with van der Waals surface area (Å²) in [5, 5.41) is 1.61. The average Bonchev–Trinajstić information content (AvgIpc) is 3.21. The third kappa shape index (κ3) is 3.84. The molecule has 5 nitrogen and oxygen atoms in total. The summed E-state index contributed by atoms with van der Waals surface area (Å²) in [7, 11) is 0. The van der Waals surface area contributed by atoms with Crippen LogP contribution in [0.25, 0.3) is 10.9 Å². The van der Waals surface area contributed by atoms with Gasteiger partial charge in [-0.3, -0.25) is 4.79 Å². The fourth-order valence-electron chi connectivity index (χ4n) is 3.18. The summed E-state index contributed by atoms with van der Waals surface area (Å²) in [5.41, 5.74) is 2.23. The highest BCUT2D eigenvalue weighted by atomic mass is 35.5. The summed E-state index contributed by atoms with van der Waals surface area (Å²) in [6.45, 7) is 2.00. The average molecular weight is 402 g/mol. The molecule has 0 unspecified atom stereocenters. The van der Waals surface area contributed by atoms with E-state index in [1.54, 1.807) is 12.1 Å². The van der Waals surface area contributed by atoms with Crippen LogP contribution in [0, 0.1) is 0 Å². The Kier molecular flexibility index (Phi) is 5.14. The minimum atomic E-state index is 0.0889. The van der Waals surface area contributed by atoms with Crippen LogP contribution in [0.2, 0.25) is 10.0 Å². The highest BCUT2D eigenvalue weighted by Gasteiger charge is 2.19. The molecule has 1 fully saturated rings. The van der Waals surface area contributed by atoms with Gasteiger partial charge in [0.2, 0.25) is 5.88 Å². The molecule has 7 heteroatoms. The summed E-state index contributed by atoms with van der Waals surface area (Å²) in [6, 6.07) is 10.8. The Labute approximate surface area is 166 Å². The molecule has 1 aromatic heterocycles. The number of likely N-dealkylation sites (tertiary alicyclic amines) is 1. The zero-order chi connectivity index (χ0) is 18.8. The van der Waals surface area contributed by atoms with Gasteiger partial charge in [0.25, 0.3) is 5.91 Å². The zero-order valence-corrected chi connectivity index (χ0v) is 16.0. The number of carbonyl (C=O) groups is 1. The monoisotopic (exact) mass is 401 g/mol. The van der Waals surface area contributed by atoms with Crippen LogP contribution < -0.4 is 4.74 Å². The second kappa shape index (κ2) is 7.71. The van der Waals surface area contributed by atoms with Crippen molar-refractivity contribution in [3.8, 4) is 5.88 Å². The molecule has 0 bridgehead atoms. The molecule has 0 N–H and O–H groups in total. The van der Waals surface area contributed by atoms with E-state index >= 15 is 0 Å². The number of nitrogens with zero attached hydrogens (tertiary/aromatic N) is 3. The first kappa shape index (κ1) is 18.0. The maximum Gasteiger partial charge on any atom is 0.253 e. The van der Waals surface area contributed by atoms with Gasteiger partial charge in [-0.25, -0.2) is 9.97 Å². The van der Waals surface area contributed by atoms with Gasteiger partial charge in [-0.15, -0.1) is 0 Å². The quantitative estimate of drug-likeness (QED) is 0.632. The summed E-state index contributed by atoms with van der Waals surface area (Å²) in [6.07, 6.45) is 3.58. The largest absolute Gasteiger partial charge is 0.472 e. The Morgan fingerprint density at radius 3 is 2.56 bits per heavy atom. The first-order chi connectivity index (χ1) is 13.1. The number of fused-ring (bicyclic) bond motifs is 1. The summed E-state index contributed by atoms with van der Waals surface area (Å²) in [5.74, 6) is 0.507. The Hall–Kier alpha value is -2.37. The van der Waals surface area contributed by atoms with Gasteiger partial charge in [-0.05, 0) is 42.7 Å². The predicted octanol–water partition coefficient (Wildman–Crippen LogP) is 4.75. The molecule has 0 radical (unpaired) electrons. The van der Waals surface area contributed by atoms with Crippen LogP contribution in [0.1, 0.15) is 28.8 Å². The van der Waals surface area contributed by atoms with E-state index < -0.39 is 0 Å². The second-order valence-electron chi connectivity index (χ2n) is 6.45. The number of hydrogen-bond acceptors (Lipinski definition) is 4. The van der Waals surface area contributed by atoms with Gasteiger partial charge in [0, 0.05) is 23.7 Å². The first-order valence-electron chi connectivity index (χ1n) is 8.72. The third-order valence-corrected chi connectivity index (χ3v) is 5.10. The van der Waals surface area contributed by atoms with E-state index in [9.17, 15) is 4.79 Å². The third-order valence-electron chi connectivity index (χ3n) is 4.59. The molecule has 2 aromatic carbocycles. The number of ether oxygens (including phenoxy) is 1. The van der Waals surface area contributed by atoms with Crippen molar-refractivity contribution >= 4 is 40.0 Å². The van der Waals surface area contributed by atoms with E-state index in [4.69, 9.17) is 27.9 Å². The molecule has 138 valence electrons. The molecule has 2 heterocycles. The highest BCUT2D eigenvalue weighted by Crippen LogP contribution is 2.31. The molecule has 0 saturated carbocycles. The Morgan fingerprint density at radius 2 is 1.81 bits per heavy atom. The summed E-state index contributed by atoms with van der Waals surface area (Å²) >= 11 is 12.3. The van der Waals surface area contributed by atoms with Crippen LogP contribution in [-0.4, -0.2) is 33.9 Å². The minimum absolute atomic E-state index is 0.0889. The lowest BCUT2D eigenvalue weighted by Gasteiger charge is -2.15. The van der Waals surface area contributed by atoms with Crippen LogP contribution in [0.5, 0.6) is 5.88 Å². The smallest absolute Gasteiger partial charge is 0.253 e. The molecule has 1 aliphatic heterocycles. The molecular formula is C20H17Cl2N3O2. The normalized spacial score (nSPS) is 13.9. The van der Waals surface area contributed by atoms with Crippen molar-refractivity contribution in [2.24, 2.45) is 0 Å². The van der Waals surface area contributed by atoms with E-state index in [0.717, 1.165) is 31.5 Å². The molecule has 1 saturated heterocycles. The maximum atomic E-state index is 12.4. The molecule has 0 atom stereocenters. The van der Waals surface area contributed by atoms with E-state index in [1.165, 1.54) is 6.33 Å². The number of carbonyl (C=O) groups excluding carboxylic acids is 1. The number of benzene rings is 2. The van der Waals surface area contributed by atoms with Gasteiger partial charge >= 0.3 is 0 Å². The van der Waals surface area contributed by atoms with Gasteiger partial charge in [-0.1, -0.05) is 35.3 Å². The van der Waals surface area contributed by atoms with Gasteiger partial charge in [0.05, 0.1) is 15.9 Å². The van der Waals surface area contributed by atoms with Crippen molar-refractivity contribution in [2.45, 2.75) is 19.4 Å². The van der Waals surface area contributed by atoms with Crippen molar-refractivity contribution in [2.75, 3.05) is 13.1 Å². The summed E-state index contributed by atoms with van der Waals surface area (Å²) in [4.78, 5) is 22.7. The fraction of sp³-hybridized carbons (Fsp3) is 0.250. The number of amides is 1. The molecule has 1 amide bonds. The van der Waals surface area contributed by atoms with Crippen molar-refractivity contribution < 1.29 is 9.53 Å². The van der Waals surface area contributed by atoms with Crippen molar-refractivity contribution in [3.63, 3.8) is 0 Å². The second-order valence-corrected chi connectivity index (χ2v) is 7.29. The minimum Gasteiger partial charge on any atom is -0.472 e.